The molecule has 4 rings (SSSR count). The van der Waals surface area contributed by atoms with E-state index < -0.39 is 10.2 Å². The number of benzene rings is 2. The Kier molecular flexibility index (Phi) is 7.57. The van der Waals surface area contributed by atoms with Crippen molar-refractivity contribution in [3.63, 3.8) is 0 Å². The molecule has 0 aliphatic carbocycles. The zero-order chi connectivity index (χ0) is 22.4. The molecular formula is C24H32N4O3S. The van der Waals surface area contributed by atoms with Crippen LogP contribution in [0.25, 0.3) is 11.1 Å². The maximum atomic E-state index is 13.0. The lowest BCUT2D eigenvalue weighted by Gasteiger charge is -2.36. The number of amides is 1. The van der Waals surface area contributed by atoms with Gasteiger partial charge in [-0.15, -0.1) is 0 Å². The molecule has 0 radical (unpaired) electrons. The summed E-state index contributed by atoms with van der Waals surface area (Å²) in [6.45, 7) is 3.44. The summed E-state index contributed by atoms with van der Waals surface area (Å²) in [6.07, 6.45) is 4.07. The third-order valence-corrected chi connectivity index (χ3v) is 8.24. The molecular weight excluding hydrogens is 424 g/mol. The molecule has 0 atom stereocenters. The molecule has 2 aromatic carbocycles. The fourth-order valence-electron chi connectivity index (χ4n) is 4.41. The smallest absolute Gasteiger partial charge is 0.282 e. The molecule has 7 nitrogen and oxygen atoms in total. The summed E-state index contributed by atoms with van der Waals surface area (Å²) in [6, 6.07) is 17.8. The van der Waals surface area contributed by atoms with Crippen LogP contribution >= 0.6 is 0 Å². The zero-order valence-electron chi connectivity index (χ0n) is 18.4. The fraction of sp³-hybridized carbons (Fsp3) is 0.458. The SMILES string of the molecule is O=C(CN1CCN(S(=O)(=O)N2CCCCCC2)CC1)Nc1ccccc1-c1ccccc1. The average molecular weight is 457 g/mol. The largest absolute Gasteiger partial charge is 0.324 e. The molecule has 172 valence electrons. The third kappa shape index (κ3) is 5.56. The van der Waals surface area contributed by atoms with Crippen LogP contribution in [-0.4, -0.2) is 73.6 Å². The van der Waals surface area contributed by atoms with E-state index in [4.69, 9.17) is 0 Å². The minimum Gasteiger partial charge on any atom is -0.324 e. The number of hydrogen-bond acceptors (Lipinski definition) is 4. The second-order valence-corrected chi connectivity index (χ2v) is 10.4. The monoisotopic (exact) mass is 456 g/mol. The van der Waals surface area contributed by atoms with E-state index >= 15 is 0 Å². The Morgan fingerprint density at radius 1 is 0.750 bits per heavy atom. The van der Waals surface area contributed by atoms with Gasteiger partial charge in [0, 0.05) is 50.5 Å². The van der Waals surface area contributed by atoms with Crippen molar-refractivity contribution in [1.82, 2.24) is 13.5 Å². The predicted octanol–water partition coefficient (Wildman–Crippen LogP) is 3.03. The van der Waals surface area contributed by atoms with Crippen molar-refractivity contribution in [1.29, 1.82) is 0 Å². The molecule has 2 aliphatic rings. The van der Waals surface area contributed by atoms with Crippen molar-refractivity contribution in [3.05, 3.63) is 54.6 Å². The maximum absolute atomic E-state index is 13.0. The highest BCUT2D eigenvalue weighted by molar-refractivity contribution is 7.86. The predicted molar refractivity (Wildman–Crippen MR) is 127 cm³/mol. The molecule has 2 aliphatic heterocycles. The van der Waals surface area contributed by atoms with Crippen LogP contribution in [0.15, 0.2) is 54.6 Å². The number of para-hydroxylation sites is 1. The number of rotatable bonds is 6. The summed E-state index contributed by atoms with van der Waals surface area (Å²) in [5.41, 5.74) is 2.82. The third-order valence-electron chi connectivity index (χ3n) is 6.20. The van der Waals surface area contributed by atoms with E-state index in [1.54, 1.807) is 8.61 Å². The molecule has 2 saturated heterocycles. The molecule has 2 aromatic rings. The highest BCUT2D eigenvalue weighted by Gasteiger charge is 2.32. The van der Waals surface area contributed by atoms with Gasteiger partial charge in [0.1, 0.15) is 0 Å². The zero-order valence-corrected chi connectivity index (χ0v) is 19.3. The molecule has 0 spiro atoms. The number of hydrogen-bond donors (Lipinski definition) is 1. The van der Waals surface area contributed by atoms with Crippen molar-refractivity contribution in [3.8, 4) is 11.1 Å². The molecule has 0 bridgehead atoms. The quantitative estimate of drug-likeness (QED) is 0.725. The van der Waals surface area contributed by atoms with Crippen LogP contribution in [0.5, 0.6) is 0 Å². The molecule has 0 saturated carbocycles. The van der Waals surface area contributed by atoms with Crippen LogP contribution in [0, 0.1) is 0 Å². The number of nitrogens with zero attached hydrogens (tertiary/aromatic N) is 3. The Labute approximate surface area is 191 Å². The van der Waals surface area contributed by atoms with Gasteiger partial charge in [-0.05, 0) is 24.5 Å². The lowest BCUT2D eigenvalue weighted by Crippen LogP contribution is -2.54. The first kappa shape index (κ1) is 22.9. The van der Waals surface area contributed by atoms with Gasteiger partial charge in [0.05, 0.1) is 6.54 Å². The second kappa shape index (κ2) is 10.6. The molecule has 8 heteroatoms. The average Bonchev–Trinajstić information content (AvgIpc) is 3.11. The highest BCUT2D eigenvalue weighted by Crippen LogP contribution is 2.27. The van der Waals surface area contributed by atoms with Gasteiger partial charge in [-0.25, -0.2) is 0 Å². The molecule has 32 heavy (non-hydrogen) atoms. The lowest BCUT2D eigenvalue weighted by atomic mass is 10.0. The van der Waals surface area contributed by atoms with Gasteiger partial charge in [0.25, 0.3) is 10.2 Å². The van der Waals surface area contributed by atoms with Gasteiger partial charge in [-0.3, -0.25) is 9.69 Å². The summed E-state index contributed by atoms with van der Waals surface area (Å²) >= 11 is 0. The van der Waals surface area contributed by atoms with Crippen LogP contribution in [0.4, 0.5) is 5.69 Å². The van der Waals surface area contributed by atoms with Gasteiger partial charge < -0.3 is 5.32 Å². The lowest BCUT2D eigenvalue weighted by molar-refractivity contribution is -0.117. The summed E-state index contributed by atoms with van der Waals surface area (Å²) in [5.74, 6) is -0.0859. The summed E-state index contributed by atoms with van der Waals surface area (Å²) < 4.78 is 29.2. The molecule has 0 aromatic heterocycles. The Hall–Kier alpha value is -2.26. The van der Waals surface area contributed by atoms with Gasteiger partial charge in [0.15, 0.2) is 0 Å². The Morgan fingerprint density at radius 2 is 1.34 bits per heavy atom. The number of nitrogens with one attached hydrogen (secondary N) is 1. The molecule has 2 fully saturated rings. The van der Waals surface area contributed by atoms with E-state index in [2.05, 4.69) is 5.32 Å². The van der Waals surface area contributed by atoms with E-state index in [9.17, 15) is 13.2 Å². The minimum atomic E-state index is -3.41. The highest BCUT2D eigenvalue weighted by atomic mass is 32.2. The van der Waals surface area contributed by atoms with Crippen LogP contribution in [-0.2, 0) is 15.0 Å². The second-order valence-electron chi connectivity index (χ2n) is 8.46. The summed E-state index contributed by atoms with van der Waals surface area (Å²) in [5, 5.41) is 3.04. The van der Waals surface area contributed by atoms with E-state index in [0.29, 0.717) is 39.3 Å². The Balaban J connectivity index is 1.32. The van der Waals surface area contributed by atoms with Crippen molar-refractivity contribution in [2.75, 3.05) is 51.1 Å². The van der Waals surface area contributed by atoms with Gasteiger partial charge >= 0.3 is 0 Å². The van der Waals surface area contributed by atoms with Crippen molar-refractivity contribution in [2.45, 2.75) is 25.7 Å². The summed E-state index contributed by atoms with van der Waals surface area (Å²) in [4.78, 5) is 14.8. The van der Waals surface area contributed by atoms with E-state index in [0.717, 1.165) is 42.5 Å². The number of carbonyl (C=O) groups excluding carboxylic acids is 1. The number of anilines is 1. The van der Waals surface area contributed by atoms with Crippen LogP contribution < -0.4 is 5.32 Å². The Morgan fingerprint density at radius 3 is 2.03 bits per heavy atom. The number of piperazine rings is 1. The number of carbonyl (C=O) groups is 1. The van der Waals surface area contributed by atoms with Gasteiger partial charge in [-0.2, -0.15) is 17.0 Å². The molecule has 1 amide bonds. The van der Waals surface area contributed by atoms with Crippen LogP contribution in [0.1, 0.15) is 25.7 Å². The molecule has 2 heterocycles. The topological polar surface area (TPSA) is 73.0 Å². The normalized spacial score (nSPS) is 19.4. The first-order chi connectivity index (χ1) is 15.5. The Bertz CT molecular complexity index is 997. The van der Waals surface area contributed by atoms with Gasteiger partial charge in [0.2, 0.25) is 5.91 Å². The first-order valence-electron chi connectivity index (χ1n) is 11.5. The summed E-state index contributed by atoms with van der Waals surface area (Å²) in [7, 11) is -3.41. The van der Waals surface area contributed by atoms with Crippen molar-refractivity contribution < 1.29 is 13.2 Å². The molecule has 1 N–H and O–H groups in total. The van der Waals surface area contributed by atoms with Crippen LogP contribution in [0.2, 0.25) is 0 Å². The van der Waals surface area contributed by atoms with E-state index in [-0.39, 0.29) is 12.5 Å². The first-order valence-corrected chi connectivity index (χ1v) is 12.9. The van der Waals surface area contributed by atoms with Crippen molar-refractivity contribution in [2.24, 2.45) is 0 Å². The molecule has 0 unspecified atom stereocenters. The van der Waals surface area contributed by atoms with Gasteiger partial charge in [-0.1, -0.05) is 61.4 Å². The van der Waals surface area contributed by atoms with Crippen LogP contribution in [0.3, 0.4) is 0 Å². The fourth-order valence-corrected chi connectivity index (χ4v) is 6.08. The van der Waals surface area contributed by atoms with E-state index in [1.165, 1.54) is 0 Å². The minimum absolute atomic E-state index is 0.0859. The maximum Gasteiger partial charge on any atom is 0.282 e. The van der Waals surface area contributed by atoms with E-state index in [1.807, 2.05) is 59.5 Å². The standard InChI is InChI=1S/C24H32N4O3S/c29-24(25-23-13-7-6-12-22(23)21-10-4-3-5-11-21)20-26-16-18-28(19-17-26)32(30,31)27-14-8-1-2-9-15-27/h3-7,10-13H,1-2,8-9,14-20H2,(H,25,29). The van der Waals surface area contributed by atoms with Crippen molar-refractivity contribution >= 4 is 21.8 Å².